The SMILES string of the molecule is CC(C)CNCc1ccccc1N(C)C1CCCCC1C. The van der Waals surface area contributed by atoms with Crippen molar-refractivity contribution in [3.63, 3.8) is 0 Å². The van der Waals surface area contributed by atoms with Crippen LogP contribution < -0.4 is 10.2 Å². The summed E-state index contributed by atoms with van der Waals surface area (Å²) in [5.74, 6) is 1.51. The maximum Gasteiger partial charge on any atom is 0.0411 e. The molecule has 0 radical (unpaired) electrons. The van der Waals surface area contributed by atoms with Gasteiger partial charge in [-0.1, -0.05) is 51.8 Å². The Hall–Kier alpha value is -1.02. The van der Waals surface area contributed by atoms with Gasteiger partial charge in [0.05, 0.1) is 0 Å². The van der Waals surface area contributed by atoms with Crippen LogP contribution in [0.2, 0.25) is 0 Å². The number of hydrogen-bond donors (Lipinski definition) is 1. The molecule has 1 aliphatic carbocycles. The molecule has 1 saturated carbocycles. The molecule has 0 spiro atoms. The van der Waals surface area contributed by atoms with E-state index in [-0.39, 0.29) is 0 Å². The second-order valence-electron chi connectivity index (χ2n) is 7.09. The highest BCUT2D eigenvalue weighted by Gasteiger charge is 2.25. The Morgan fingerprint density at radius 2 is 1.90 bits per heavy atom. The van der Waals surface area contributed by atoms with E-state index < -0.39 is 0 Å². The zero-order chi connectivity index (χ0) is 15.2. The minimum Gasteiger partial charge on any atom is -0.371 e. The van der Waals surface area contributed by atoms with Gasteiger partial charge >= 0.3 is 0 Å². The fourth-order valence-electron chi connectivity index (χ4n) is 3.55. The second-order valence-corrected chi connectivity index (χ2v) is 7.09. The van der Waals surface area contributed by atoms with Crippen LogP contribution in [0.3, 0.4) is 0 Å². The lowest BCUT2D eigenvalue weighted by molar-refractivity contribution is 0.321. The summed E-state index contributed by atoms with van der Waals surface area (Å²) in [5, 5.41) is 3.58. The summed E-state index contributed by atoms with van der Waals surface area (Å²) in [4.78, 5) is 2.54. The first-order valence-electron chi connectivity index (χ1n) is 8.61. The van der Waals surface area contributed by atoms with Crippen molar-refractivity contribution in [2.45, 2.75) is 59.0 Å². The third kappa shape index (κ3) is 4.47. The summed E-state index contributed by atoms with van der Waals surface area (Å²) in [7, 11) is 2.29. The Morgan fingerprint density at radius 3 is 2.62 bits per heavy atom. The summed E-state index contributed by atoms with van der Waals surface area (Å²) in [6, 6.07) is 9.59. The van der Waals surface area contributed by atoms with Gasteiger partial charge in [0.2, 0.25) is 0 Å². The summed E-state index contributed by atoms with van der Waals surface area (Å²) >= 11 is 0. The molecule has 0 saturated heterocycles. The fourth-order valence-corrected chi connectivity index (χ4v) is 3.55. The third-order valence-corrected chi connectivity index (χ3v) is 4.80. The van der Waals surface area contributed by atoms with Crippen LogP contribution in [-0.2, 0) is 6.54 Å². The first kappa shape index (κ1) is 16.4. The summed E-state index contributed by atoms with van der Waals surface area (Å²) in [6.07, 6.45) is 5.50. The van der Waals surface area contributed by atoms with Crippen molar-refractivity contribution < 1.29 is 0 Å². The van der Waals surface area contributed by atoms with Gasteiger partial charge in [0.1, 0.15) is 0 Å². The van der Waals surface area contributed by atoms with Crippen LogP contribution in [-0.4, -0.2) is 19.6 Å². The molecule has 1 aromatic carbocycles. The van der Waals surface area contributed by atoms with Crippen LogP contribution in [0.5, 0.6) is 0 Å². The van der Waals surface area contributed by atoms with Gasteiger partial charge in [0.15, 0.2) is 0 Å². The molecule has 2 unspecified atom stereocenters. The zero-order valence-corrected chi connectivity index (χ0v) is 14.2. The molecule has 0 bridgehead atoms. The van der Waals surface area contributed by atoms with Crippen LogP contribution in [0.4, 0.5) is 5.69 Å². The monoisotopic (exact) mass is 288 g/mol. The van der Waals surface area contributed by atoms with Gasteiger partial charge in [0, 0.05) is 25.3 Å². The molecule has 0 aromatic heterocycles. The summed E-state index contributed by atoms with van der Waals surface area (Å²) in [5.41, 5.74) is 2.84. The highest BCUT2D eigenvalue weighted by atomic mass is 15.1. The molecule has 2 nitrogen and oxygen atoms in total. The van der Waals surface area contributed by atoms with Gasteiger partial charge in [-0.05, 0) is 42.9 Å². The number of nitrogens with one attached hydrogen (secondary N) is 1. The smallest absolute Gasteiger partial charge is 0.0411 e. The minimum absolute atomic E-state index is 0.699. The van der Waals surface area contributed by atoms with Crippen LogP contribution >= 0.6 is 0 Å². The van der Waals surface area contributed by atoms with Crippen LogP contribution in [0.1, 0.15) is 52.0 Å². The molecular formula is C19H32N2. The summed E-state index contributed by atoms with van der Waals surface area (Å²) < 4.78 is 0. The number of nitrogens with zero attached hydrogens (tertiary/aromatic N) is 1. The molecule has 1 fully saturated rings. The topological polar surface area (TPSA) is 15.3 Å². The van der Waals surface area contributed by atoms with E-state index in [9.17, 15) is 0 Å². The lowest BCUT2D eigenvalue weighted by Gasteiger charge is -2.38. The number of benzene rings is 1. The van der Waals surface area contributed by atoms with Crippen molar-refractivity contribution in [1.29, 1.82) is 0 Å². The van der Waals surface area contributed by atoms with Crippen LogP contribution in [0.25, 0.3) is 0 Å². The van der Waals surface area contributed by atoms with Crippen molar-refractivity contribution in [2.24, 2.45) is 11.8 Å². The quantitative estimate of drug-likeness (QED) is 0.832. The average Bonchev–Trinajstić information content (AvgIpc) is 2.47. The molecule has 21 heavy (non-hydrogen) atoms. The molecule has 1 N–H and O–H groups in total. The van der Waals surface area contributed by atoms with Gasteiger partial charge < -0.3 is 10.2 Å². The van der Waals surface area contributed by atoms with Crippen molar-refractivity contribution >= 4 is 5.69 Å². The second kappa shape index (κ2) is 7.84. The van der Waals surface area contributed by atoms with E-state index >= 15 is 0 Å². The first-order chi connectivity index (χ1) is 10.1. The third-order valence-electron chi connectivity index (χ3n) is 4.80. The van der Waals surface area contributed by atoms with E-state index in [2.05, 4.69) is 62.3 Å². The molecule has 0 amide bonds. The Labute approximate surface area is 130 Å². The van der Waals surface area contributed by atoms with E-state index in [0.29, 0.717) is 12.0 Å². The van der Waals surface area contributed by atoms with Crippen molar-refractivity contribution in [2.75, 3.05) is 18.5 Å². The van der Waals surface area contributed by atoms with Gasteiger partial charge in [-0.15, -0.1) is 0 Å². The normalized spacial score (nSPS) is 22.5. The van der Waals surface area contributed by atoms with Crippen molar-refractivity contribution in [3.05, 3.63) is 29.8 Å². The lowest BCUT2D eigenvalue weighted by Crippen LogP contribution is -2.39. The van der Waals surface area contributed by atoms with Gasteiger partial charge in [-0.3, -0.25) is 0 Å². The number of anilines is 1. The largest absolute Gasteiger partial charge is 0.371 e. The van der Waals surface area contributed by atoms with Crippen molar-refractivity contribution in [3.8, 4) is 0 Å². The van der Waals surface area contributed by atoms with Gasteiger partial charge in [0.25, 0.3) is 0 Å². The maximum absolute atomic E-state index is 3.58. The van der Waals surface area contributed by atoms with Gasteiger partial charge in [-0.25, -0.2) is 0 Å². The average molecular weight is 288 g/mol. The highest BCUT2D eigenvalue weighted by Crippen LogP contribution is 2.31. The highest BCUT2D eigenvalue weighted by molar-refractivity contribution is 5.54. The van der Waals surface area contributed by atoms with Crippen LogP contribution in [0, 0.1) is 11.8 Å². The number of hydrogen-bond acceptors (Lipinski definition) is 2. The molecular weight excluding hydrogens is 256 g/mol. The number of para-hydroxylation sites is 1. The van der Waals surface area contributed by atoms with Crippen LogP contribution in [0.15, 0.2) is 24.3 Å². The van der Waals surface area contributed by atoms with Gasteiger partial charge in [-0.2, -0.15) is 0 Å². The molecule has 0 aliphatic heterocycles. The molecule has 0 heterocycles. The van der Waals surface area contributed by atoms with E-state index in [1.54, 1.807) is 0 Å². The summed E-state index contributed by atoms with van der Waals surface area (Å²) in [6.45, 7) is 8.99. The Morgan fingerprint density at radius 1 is 1.19 bits per heavy atom. The first-order valence-corrected chi connectivity index (χ1v) is 8.61. The zero-order valence-electron chi connectivity index (χ0n) is 14.2. The lowest BCUT2D eigenvalue weighted by atomic mass is 9.84. The van der Waals surface area contributed by atoms with E-state index in [4.69, 9.17) is 0 Å². The number of rotatable bonds is 6. The Kier molecular flexibility index (Phi) is 6.10. The molecule has 118 valence electrons. The fraction of sp³-hybridized carbons (Fsp3) is 0.684. The Bertz CT molecular complexity index is 427. The molecule has 2 atom stereocenters. The van der Waals surface area contributed by atoms with E-state index in [1.165, 1.54) is 36.9 Å². The molecule has 2 heteroatoms. The molecule has 2 rings (SSSR count). The predicted molar refractivity (Wildman–Crippen MR) is 92.8 cm³/mol. The molecule has 1 aromatic rings. The maximum atomic E-state index is 3.58. The minimum atomic E-state index is 0.699. The van der Waals surface area contributed by atoms with E-state index in [0.717, 1.165) is 19.0 Å². The van der Waals surface area contributed by atoms with Crippen molar-refractivity contribution in [1.82, 2.24) is 5.32 Å². The predicted octanol–water partition coefficient (Wildman–Crippen LogP) is 4.45. The standard InChI is InChI=1S/C19H32N2/c1-15(2)13-20-14-17-10-6-8-12-19(17)21(4)18-11-7-5-9-16(18)3/h6,8,10,12,15-16,18,20H,5,7,9,11,13-14H2,1-4H3. The Balaban J connectivity index is 2.07. The molecule has 1 aliphatic rings. The van der Waals surface area contributed by atoms with E-state index in [1.807, 2.05) is 0 Å².